The van der Waals surface area contributed by atoms with Crippen molar-refractivity contribution in [2.45, 2.75) is 12.1 Å². The second-order valence-electron chi connectivity index (χ2n) is 4.58. The summed E-state index contributed by atoms with van der Waals surface area (Å²) in [5, 5.41) is 9.16. The van der Waals surface area contributed by atoms with Gasteiger partial charge in [-0.05, 0) is 24.6 Å². The third-order valence-electron chi connectivity index (χ3n) is 3.16. The second-order valence-corrected chi connectivity index (χ2v) is 5.93. The molecule has 0 radical (unpaired) electrons. The van der Waals surface area contributed by atoms with E-state index in [9.17, 15) is 4.79 Å². The number of nitrogens with zero attached hydrogens (tertiary/aromatic N) is 4. The van der Waals surface area contributed by atoms with E-state index in [-0.39, 0.29) is 11.2 Å². The Kier molecular flexibility index (Phi) is 3.92. The van der Waals surface area contributed by atoms with E-state index in [1.165, 1.54) is 16.3 Å². The highest BCUT2D eigenvalue weighted by Gasteiger charge is 2.12. The van der Waals surface area contributed by atoms with Gasteiger partial charge in [-0.15, -0.1) is 16.6 Å². The fourth-order valence-electron chi connectivity index (χ4n) is 2.01. The van der Waals surface area contributed by atoms with Gasteiger partial charge in [0.25, 0.3) is 0 Å². The molecule has 0 unspecified atom stereocenters. The number of hydrogen-bond donors (Lipinski definition) is 0. The summed E-state index contributed by atoms with van der Waals surface area (Å²) in [5.41, 5.74) is 1.63. The molecular formula is C15H11ClN4OS. The molecule has 3 aromatic rings. The van der Waals surface area contributed by atoms with Crippen LogP contribution in [0, 0.1) is 19.3 Å². The Bertz CT molecular complexity index is 954. The van der Waals surface area contributed by atoms with E-state index in [2.05, 4.69) is 16.1 Å². The normalized spacial score (nSPS) is 10.8. The second kappa shape index (κ2) is 5.87. The van der Waals surface area contributed by atoms with E-state index in [1.54, 1.807) is 22.9 Å². The lowest BCUT2D eigenvalue weighted by Gasteiger charge is -2.07. The number of halogens is 1. The van der Waals surface area contributed by atoms with Crippen LogP contribution in [0.15, 0.2) is 40.5 Å². The summed E-state index contributed by atoms with van der Waals surface area (Å²) >= 11 is 7.48. The minimum absolute atomic E-state index is 0.249. The average molecular weight is 331 g/mol. The number of fused-ring (bicyclic) bond motifs is 1. The molecule has 22 heavy (non-hydrogen) atoms. The predicted octanol–water partition coefficient (Wildman–Crippen LogP) is 2.57. The molecule has 0 N–H and O–H groups in total. The molecule has 2 heterocycles. The molecule has 0 spiro atoms. The number of benzene rings is 1. The quantitative estimate of drug-likeness (QED) is 0.547. The Balaban J connectivity index is 2.13. The van der Waals surface area contributed by atoms with Crippen molar-refractivity contribution in [1.29, 1.82) is 0 Å². The smallest absolute Gasteiger partial charge is 0.280 e. The number of hydrogen-bond acceptors (Lipinski definition) is 4. The van der Waals surface area contributed by atoms with Crippen molar-refractivity contribution >= 4 is 29.0 Å². The van der Waals surface area contributed by atoms with Gasteiger partial charge in [0.1, 0.15) is 0 Å². The number of terminal acetylenes is 1. The van der Waals surface area contributed by atoms with Gasteiger partial charge in [0.15, 0.2) is 5.16 Å². The zero-order valence-electron chi connectivity index (χ0n) is 11.7. The van der Waals surface area contributed by atoms with Crippen molar-refractivity contribution in [2.75, 3.05) is 5.75 Å². The Morgan fingerprint density at radius 3 is 2.91 bits per heavy atom. The lowest BCUT2D eigenvalue weighted by atomic mass is 10.2. The van der Waals surface area contributed by atoms with Gasteiger partial charge in [-0.2, -0.15) is 0 Å². The number of thioether (sulfide) groups is 1. The third-order valence-corrected chi connectivity index (χ3v) is 4.41. The van der Waals surface area contributed by atoms with Crippen LogP contribution in [0.25, 0.3) is 11.3 Å². The fourth-order valence-corrected chi connectivity index (χ4v) is 2.78. The first-order valence-electron chi connectivity index (χ1n) is 6.41. The van der Waals surface area contributed by atoms with E-state index in [0.717, 1.165) is 5.56 Å². The van der Waals surface area contributed by atoms with Crippen LogP contribution in [0.2, 0.25) is 5.02 Å². The zero-order valence-corrected chi connectivity index (χ0v) is 13.2. The fraction of sp³-hybridized carbons (Fsp3) is 0.133. The van der Waals surface area contributed by atoms with E-state index in [0.29, 0.717) is 21.6 Å². The molecule has 0 aliphatic heterocycles. The van der Waals surface area contributed by atoms with Crippen LogP contribution in [0.3, 0.4) is 0 Å². The van der Waals surface area contributed by atoms with Crippen molar-refractivity contribution in [1.82, 2.24) is 19.2 Å². The SMILES string of the molecule is C#CCSc1nnc2c(=O)n(-c3ccc(C)c(Cl)c3)ccn12. The van der Waals surface area contributed by atoms with Crippen LogP contribution >= 0.6 is 23.4 Å². The van der Waals surface area contributed by atoms with Crippen LogP contribution in [0.5, 0.6) is 0 Å². The standard InChI is InChI=1S/C15H11ClN4OS/c1-3-8-22-15-18-17-13-14(21)19(6-7-20(13)15)11-5-4-10(2)12(16)9-11/h1,4-7,9H,8H2,2H3. The Morgan fingerprint density at radius 1 is 1.36 bits per heavy atom. The summed E-state index contributed by atoms with van der Waals surface area (Å²) in [6, 6.07) is 5.45. The summed E-state index contributed by atoms with van der Waals surface area (Å²) < 4.78 is 3.13. The molecule has 0 saturated carbocycles. The molecule has 0 bridgehead atoms. The lowest BCUT2D eigenvalue weighted by molar-refractivity contribution is 0.894. The third kappa shape index (κ3) is 2.49. The van der Waals surface area contributed by atoms with Gasteiger partial charge in [0.2, 0.25) is 5.65 Å². The summed E-state index contributed by atoms with van der Waals surface area (Å²) in [5.74, 6) is 2.99. The molecular weight excluding hydrogens is 320 g/mol. The molecule has 1 aromatic carbocycles. The van der Waals surface area contributed by atoms with Crippen molar-refractivity contribution in [3.63, 3.8) is 0 Å². The van der Waals surface area contributed by atoms with Gasteiger partial charge < -0.3 is 0 Å². The summed E-state index contributed by atoms with van der Waals surface area (Å²) in [6.45, 7) is 1.91. The maximum Gasteiger partial charge on any atom is 0.300 e. The van der Waals surface area contributed by atoms with Gasteiger partial charge in [0, 0.05) is 17.4 Å². The predicted molar refractivity (Wildman–Crippen MR) is 87.9 cm³/mol. The highest BCUT2D eigenvalue weighted by molar-refractivity contribution is 7.99. The Hall–Kier alpha value is -2.23. The molecule has 0 aliphatic rings. The highest BCUT2D eigenvalue weighted by Crippen LogP contribution is 2.19. The van der Waals surface area contributed by atoms with E-state index in [4.69, 9.17) is 18.0 Å². The molecule has 2 aromatic heterocycles. The van der Waals surface area contributed by atoms with Crippen molar-refractivity contribution in [3.8, 4) is 18.0 Å². The van der Waals surface area contributed by atoms with Gasteiger partial charge >= 0.3 is 5.56 Å². The number of aryl methyl sites for hydroxylation is 1. The first-order chi connectivity index (χ1) is 10.6. The van der Waals surface area contributed by atoms with E-state index >= 15 is 0 Å². The maximum absolute atomic E-state index is 12.6. The minimum atomic E-state index is -0.262. The lowest BCUT2D eigenvalue weighted by Crippen LogP contribution is -2.20. The molecule has 0 saturated heterocycles. The van der Waals surface area contributed by atoms with Crippen LogP contribution in [-0.2, 0) is 0 Å². The number of aromatic nitrogens is 4. The van der Waals surface area contributed by atoms with Gasteiger partial charge in [-0.1, -0.05) is 35.3 Å². The Labute approximate surface area is 135 Å². The molecule has 110 valence electrons. The van der Waals surface area contributed by atoms with E-state index in [1.807, 2.05) is 19.1 Å². The van der Waals surface area contributed by atoms with Crippen LogP contribution in [0.4, 0.5) is 0 Å². The van der Waals surface area contributed by atoms with Crippen molar-refractivity contribution in [3.05, 3.63) is 51.5 Å². The van der Waals surface area contributed by atoms with Gasteiger partial charge in [-0.3, -0.25) is 13.8 Å². The topological polar surface area (TPSA) is 52.2 Å². The molecule has 0 atom stereocenters. The molecule has 7 heteroatoms. The van der Waals surface area contributed by atoms with Crippen LogP contribution in [-0.4, -0.2) is 24.9 Å². The minimum Gasteiger partial charge on any atom is -0.280 e. The molecule has 5 nitrogen and oxygen atoms in total. The monoisotopic (exact) mass is 330 g/mol. The maximum atomic E-state index is 12.6. The molecule has 3 rings (SSSR count). The molecule has 0 aliphatic carbocycles. The first-order valence-corrected chi connectivity index (χ1v) is 7.77. The first kappa shape index (κ1) is 14.7. The highest BCUT2D eigenvalue weighted by atomic mass is 35.5. The summed E-state index contributed by atoms with van der Waals surface area (Å²) in [7, 11) is 0. The average Bonchev–Trinajstić information content (AvgIpc) is 2.92. The van der Waals surface area contributed by atoms with Gasteiger partial charge in [-0.25, -0.2) is 0 Å². The summed E-state index contributed by atoms with van der Waals surface area (Å²) in [6.07, 6.45) is 8.64. The molecule has 0 fully saturated rings. The van der Waals surface area contributed by atoms with Crippen LogP contribution in [0.1, 0.15) is 5.56 Å². The number of rotatable bonds is 3. The van der Waals surface area contributed by atoms with Crippen molar-refractivity contribution < 1.29 is 0 Å². The zero-order chi connectivity index (χ0) is 15.7. The molecule has 0 amide bonds. The Morgan fingerprint density at radius 2 is 2.18 bits per heavy atom. The largest absolute Gasteiger partial charge is 0.300 e. The van der Waals surface area contributed by atoms with Crippen LogP contribution < -0.4 is 5.56 Å². The van der Waals surface area contributed by atoms with Crippen molar-refractivity contribution in [2.24, 2.45) is 0 Å². The summed E-state index contributed by atoms with van der Waals surface area (Å²) in [4.78, 5) is 12.6. The van der Waals surface area contributed by atoms with Gasteiger partial charge in [0.05, 0.1) is 11.4 Å². The van der Waals surface area contributed by atoms with E-state index < -0.39 is 0 Å².